The smallest absolute Gasteiger partial charge is 0.368 e. The molecule has 2 saturated heterocycles. The minimum Gasteiger partial charge on any atom is -0.368 e. The summed E-state index contributed by atoms with van der Waals surface area (Å²) in [4.78, 5) is 17.3. The van der Waals surface area contributed by atoms with Crippen molar-refractivity contribution in [3.05, 3.63) is 64.2 Å². The number of anilines is 1. The molecule has 2 aliphatic heterocycles. The fourth-order valence-corrected chi connectivity index (χ4v) is 5.47. The number of carbonyl (C=O) groups is 1. The zero-order valence-electron chi connectivity index (χ0n) is 20.7. The number of benzene rings is 2. The van der Waals surface area contributed by atoms with Gasteiger partial charge in [0.25, 0.3) is 0 Å². The average Bonchev–Trinajstić information content (AvgIpc) is 3.33. The Morgan fingerprint density at radius 2 is 1.78 bits per heavy atom. The van der Waals surface area contributed by atoms with E-state index in [0.29, 0.717) is 43.2 Å². The fourth-order valence-electron chi connectivity index (χ4n) is 5.35. The van der Waals surface area contributed by atoms with E-state index in [4.69, 9.17) is 17.3 Å². The van der Waals surface area contributed by atoms with Gasteiger partial charge < -0.3 is 20.9 Å². The molecule has 0 aromatic heterocycles. The lowest BCUT2D eigenvalue weighted by Gasteiger charge is -2.39. The molecule has 9 heteroatoms. The Morgan fingerprint density at radius 1 is 1.11 bits per heavy atom. The molecule has 0 saturated carbocycles. The van der Waals surface area contributed by atoms with Crippen molar-refractivity contribution in [2.45, 2.75) is 50.9 Å². The summed E-state index contributed by atoms with van der Waals surface area (Å²) in [7, 11) is 0. The van der Waals surface area contributed by atoms with Crippen molar-refractivity contribution in [1.82, 2.24) is 10.2 Å². The molecule has 0 aliphatic carbocycles. The molecule has 0 bridgehead atoms. The molecular formula is C27H34ClF3N4O. The van der Waals surface area contributed by atoms with Gasteiger partial charge in [0.05, 0.1) is 11.6 Å². The zero-order valence-corrected chi connectivity index (χ0v) is 21.4. The third kappa shape index (κ3) is 5.98. The molecule has 2 heterocycles. The van der Waals surface area contributed by atoms with Crippen molar-refractivity contribution in [1.29, 1.82) is 0 Å². The van der Waals surface area contributed by atoms with Crippen molar-refractivity contribution < 1.29 is 18.0 Å². The van der Waals surface area contributed by atoms with Crippen LogP contribution in [0.2, 0.25) is 5.02 Å². The summed E-state index contributed by atoms with van der Waals surface area (Å²) in [5.74, 6) is 0.406. The lowest BCUT2D eigenvalue weighted by Crippen LogP contribution is -2.54. The molecular weight excluding hydrogens is 489 g/mol. The van der Waals surface area contributed by atoms with Gasteiger partial charge in [-0.25, -0.2) is 0 Å². The Bertz CT molecular complexity index is 1050. The Hall–Kier alpha value is -2.29. The molecule has 3 atom stereocenters. The quantitative estimate of drug-likeness (QED) is 0.547. The first kappa shape index (κ1) is 26.8. The predicted octanol–water partition coefficient (Wildman–Crippen LogP) is 5.20. The van der Waals surface area contributed by atoms with Crippen LogP contribution in [-0.2, 0) is 11.0 Å². The first-order valence-electron chi connectivity index (χ1n) is 12.5. The summed E-state index contributed by atoms with van der Waals surface area (Å²) in [6.07, 6.45) is -2.96. The third-order valence-electron chi connectivity index (χ3n) is 7.20. The summed E-state index contributed by atoms with van der Waals surface area (Å²) in [6.45, 7) is 6.87. The summed E-state index contributed by atoms with van der Waals surface area (Å²) in [6, 6.07) is 10.7. The number of amides is 1. The van der Waals surface area contributed by atoms with E-state index in [1.165, 1.54) is 12.1 Å². The molecule has 0 spiro atoms. The van der Waals surface area contributed by atoms with E-state index in [9.17, 15) is 18.0 Å². The molecule has 196 valence electrons. The number of carbonyl (C=O) groups excluding carboxylic acids is 1. The van der Waals surface area contributed by atoms with Crippen LogP contribution >= 0.6 is 11.6 Å². The second-order valence-corrected chi connectivity index (χ2v) is 10.6. The number of hydrogen-bond acceptors (Lipinski definition) is 4. The molecule has 2 aromatic carbocycles. The summed E-state index contributed by atoms with van der Waals surface area (Å²) in [5.41, 5.74) is 8.02. The standard InChI is InChI=1S/C27H34ClF3N4O/c1-17(2)15-23(32)22-16-19(27(29,30)31)5-8-24(22)34-11-13-35(14-12-34)26(36)25-21(9-10-33-25)18-3-6-20(28)7-4-18/h3-8,16-17,21,23,25,33H,9-15,32H2,1-2H3/t21?,23-,25?/m0/s1. The molecule has 0 radical (unpaired) electrons. The van der Waals surface area contributed by atoms with Gasteiger partial charge in [0.1, 0.15) is 0 Å². The molecule has 5 nitrogen and oxygen atoms in total. The van der Waals surface area contributed by atoms with E-state index < -0.39 is 17.8 Å². The molecule has 36 heavy (non-hydrogen) atoms. The van der Waals surface area contributed by atoms with Gasteiger partial charge in [-0.2, -0.15) is 13.2 Å². The molecule has 4 rings (SSSR count). The number of nitrogens with zero attached hydrogens (tertiary/aromatic N) is 2. The highest BCUT2D eigenvalue weighted by molar-refractivity contribution is 6.30. The number of piperazine rings is 1. The number of halogens is 4. The van der Waals surface area contributed by atoms with E-state index in [2.05, 4.69) is 10.2 Å². The zero-order chi connectivity index (χ0) is 26.0. The van der Waals surface area contributed by atoms with Crippen molar-refractivity contribution in [3.8, 4) is 0 Å². The Kier molecular flexibility index (Phi) is 8.17. The van der Waals surface area contributed by atoms with Crippen LogP contribution in [0.5, 0.6) is 0 Å². The number of alkyl halides is 3. The maximum atomic E-state index is 13.4. The number of hydrogen-bond donors (Lipinski definition) is 2. The lowest BCUT2D eigenvalue weighted by molar-refractivity contribution is -0.137. The van der Waals surface area contributed by atoms with Gasteiger partial charge in [-0.3, -0.25) is 4.79 Å². The number of nitrogens with one attached hydrogen (secondary N) is 1. The van der Waals surface area contributed by atoms with Gasteiger partial charge in [0.15, 0.2) is 0 Å². The van der Waals surface area contributed by atoms with Gasteiger partial charge in [-0.15, -0.1) is 0 Å². The van der Waals surface area contributed by atoms with E-state index in [1.807, 2.05) is 43.0 Å². The van der Waals surface area contributed by atoms with Gasteiger partial charge in [-0.1, -0.05) is 37.6 Å². The highest BCUT2D eigenvalue weighted by Gasteiger charge is 2.38. The minimum atomic E-state index is -4.43. The summed E-state index contributed by atoms with van der Waals surface area (Å²) >= 11 is 6.03. The maximum Gasteiger partial charge on any atom is 0.416 e. The third-order valence-corrected chi connectivity index (χ3v) is 7.45. The van der Waals surface area contributed by atoms with E-state index >= 15 is 0 Å². The van der Waals surface area contributed by atoms with Gasteiger partial charge in [0, 0.05) is 48.8 Å². The molecule has 1 amide bonds. The Balaban J connectivity index is 1.47. The predicted molar refractivity (Wildman–Crippen MR) is 137 cm³/mol. The number of rotatable bonds is 6. The molecule has 3 N–H and O–H groups in total. The minimum absolute atomic E-state index is 0.0660. The van der Waals surface area contributed by atoms with Crippen molar-refractivity contribution in [2.75, 3.05) is 37.6 Å². The highest BCUT2D eigenvalue weighted by atomic mass is 35.5. The van der Waals surface area contributed by atoms with Crippen LogP contribution in [0.1, 0.15) is 55.3 Å². The first-order chi connectivity index (χ1) is 17.0. The van der Waals surface area contributed by atoms with E-state index in [-0.39, 0.29) is 23.8 Å². The van der Waals surface area contributed by atoms with Crippen molar-refractivity contribution >= 4 is 23.2 Å². The van der Waals surface area contributed by atoms with Gasteiger partial charge in [0.2, 0.25) is 5.91 Å². The van der Waals surface area contributed by atoms with Crippen LogP contribution in [0.3, 0.4) is 0 Å². The first-order valence-corrected chi connectivity index (χ1v) is 12.9. The second-order valence-electron chi connectivity index (χ2n) is 10.2. The van der Waals surface area contributed by atoms with Crippen LogP contribution < -0.4 is 16.0 Å². The summed E-state index contributed by atoms with van der Waals surface area (Å²) < 4.78 is 40.3. The Labute approximate surface area is 215 Å². The topological polar surface area (TPSA) is 61.6 Å². The normalized spacial score (nSPS) is 21.8. The second kappa shape index (κ2) is 11.0. The van der Waals surface area contributed by atoms with Crippen LogP contribution in [0.15, 0.2) is 42.5 Å². The molecule has 2 unspecified atom stereocenters. The average molecular weight is 523 g/mol. The monoisotopic (exact) mass is 522 g/mol. The molecule has 2 aromatic rings. The number of nitrogens with two attached hydrogens (primary N) is 1. The maximum absolute atomic E-state index is 13.4. The van der Waals surface area contributed by atoms with Crippen LogP contribution in [-0.4, -0.2) is 49.6 Å². The lowest BCUT2D eigenvalue weighted by atomic mass is 9.91. The van der Waals surface area contributed by atoms with Crippen molar-refractivity contribution in [2.24, 2.45) is 11.7 Å². The summed E-state index contributed by atoms with van der Waals surface area (Å²) in [5, 5.41) is 4.03. The largest absolute Gasteiger partial charge is 0.416 e. The van der Waals surface area contributed by atoms with Crippen LogP contribution in [0.4, 0.5) is 18.9 Å². The van der Waals surface area contributed by atoms with E-state index in [1.54, 1.807) is 0 Å². The van der Waals surface area contributed by atoms with E-state index in [0.717, 1.165) is 30.3 Å². The molecule has 2 aliphatic rings. The molecule has 2 fully saturated rings. The highest BCUT2D eigenvalue weighted by Crippen LogP contribution is 2.37. The van der Waals surface area contributed by atoms with Gasteiger partial charge in [-0.05, 0) is 66.8 Å². The fraction of sp³-hybridized carbons (Fsp3) is 0.519. The SMILES string of the molecule is CC(C)C[C@H](N)c1cc(C(F)(F)F)ccc1N1CCN(C(=O)C2NCCC2c2ccc(Cl)cc2)CC1. The van der Waals surface area contributed by atoms with Crippen molar-refractivity contribution in [3.63, 3.8) is 0 Å². The van der Waals surface area contributed by atoms with Crippen LogP contribution in [0, 0.1) is 5.92 Å². The van der Waals surface area contributed by atoms with Gasteiger partial charge >= 0.3 is 6.18 Å². The van der Waals surface area contributed by atoms with Crippen LogP contribution in [0.25, 0.3) is 0 Å². The Morgan fingerprint density at radius 3 is 2.39 bits per heavy atom.